The molecule has 0 bridgehead atoms. The van der Waals surface area contributed by atoms with E-state index in [1.54, 1.807) is 18.7 Å². The molecule has 2 aliphatic heterocycles. The quantitative estimate of drug-likeness (QED) is 0.810. The van der Waals surface area contributed by atoms with E-state index in [-0.39, 0.29) is 0 Å². The summed E-state index contributed by atoms with van der Waals surface area (Å²) < 4.78 is 0. The van der Waals surface area contributed by atoms with E-state index < -0.39 is 0 Å². The Labute approximate surface area is 167 Å². The second kappa shape index (κ2) is 9.14. The molecule has 2 saturated heterocycles. The summed E-state index contributed by atoms with van der Waals surface area (Å²) in [5.41, 5.74) is 0. The number of nitrogens with one attached hydrogen (secondary N) is 1. The van der Waals surface area contributed by atoms with Crippen molar-refractivity contribution in [3.63, 3.8) is 0 Å². The summed E-state index contributed by atoms with van der Waals surface area (Å²) in [4.78, 5) is 24.7. The second-order valence-corrected chi connectivity index (χ2v) is 7.76. The van der Waals surface area contributed by atoms with Crippen molar-refractivity contribution in [2.75, 3.05) is 67.5 Å². The molecule has 1 atom stereocenters. The lowest BCUT2D eigenvalue weighted by Crippen LogP contribution is -2.48. The van der Waals surface area contributed by atoms with E-state index in [9.17, 15) is 0 Å². The van der Waals surface area contributed by atoms with Gasteiger partial charge in [-0.1, -0.05) is 6.92 Å². The predicted octanol–water partition coefficient (Wildman–Crippen LogP) is 1.74. The Bertz CT molecular complexity index is 732. The van der Waals surface area contributed by atoms with Gasteiger partial charge in [-0.3, -0.25) is 4.90 Å². The SMILES string of the molecule is CC1CCCN(c2cc(NCCN3CCN(c4ncccn4)CC3)ncn2)C1. The fourth-order valence-electron chi connectivity index (χ4n) is 3.98. The van der Waals surface area contributed by atoms with Crippen LogP contribution >= 0.6 is 0 Å². The van der Waals surface area contributed by atoms with E-state index in [0.717, 1.165) is 75.9 Å². The number of piperazine rings is 1. The average molecular weight is 383 g/mol. The fourth-order valence-corrected chi connectivity index (χ4v) is 3.98. The molecule has 4 heterocycles. The Hall–Kier alpha value is -2.48. The van der Waals surface area contributed by atoms with Crippen LogP contribution in [0, 0.1) is 5.92 Å². The van der Waals surface area contributed by atoms with Crippen molar-refractivity contribution in [2.24, 2.45) is 5.92 Å². The van der Waals surface area contributed by atoms with Gasteiger partial charge in [-0.15, -0.1) is 0 Å². The van der Waals surface area contributed by atoms with Crippen LogP contribution < -0.4 is 15.1 Å². The van der Waals surface area contributed by atoms with Crippen LogP contribution in [0.15, 0.2) is 30.9 Å². The maximum absolute atomic E-state index is 4.48. The van der Waals surface area contributed by atoms with Gasteiger partial charge in [0.25, 0.3) is 0 Å². The minimum Gasteiger partial charge on any atom is -0.369 e. The summed E-state index contributed by atoms with van der Waals surface area (Å²) in [6.07, 6.45) is 7.85. The topological polar surface area (TPSA) is 73.3 Å². The van der Waals surface area contributed by atoms with Crippen molar-refractivity contribution in [2.45, 2.75) is 19.8 Å². The zero-order chi connectivity index (χ0) is 19.2. The van der Waals surface area contributed by atoms with Crippen LogP contribution in [0.25, 0.3) is 0 Å². The summed E-state index contributed by atoms with van der Waals surface area (Å²) in [5, 5.41) is 3.47. The molecule has 150 valence electrons. The Morgan fingerprint density at radius 3 is 2.61 bits per heavy atom. The molecule has 0 radical (unpaired) electrons. The normalized spacial score (nSPS) is 21.0. The number of nitrogens with zero attached hydrogens (tertiary/aromatic N) is 7. The van der Waals surface area contributed by atoms with Crippen LogP contribution in [0.5, 0.6) is 0 Å². The minimum absolute atomic E-state index is 0.736. The molecule has 4 rings (SSSR count). The van der Waals surface area contributed by atoms with E-state index >= 15 is 0 Å². The lowest BCUT2D eigenvalue weighted by atomic mass is 10.0. The highest BCUT2D eigenvalue weighted by Gasteiger charge is 2.19. The van der Waals surface area contributed by atoms with E-state index in [1.807, 2.05) is 6.07 Å². The highest BCUT2D eigenvalue weighted by atomic mass is 15.3. The highest BCUT2D eigenvalue weighted by Crippen LogP contribution is 2.22. The van der Waals surface area contributed by atoms with Gasteiger partial charge in [0.1, 0.15) is 18.0 Å². The molecule has 28 heavy (non-hydrogen) atoms. The van der Waals surface area contributed by atoms with Gasteiger partial charge in [0.15, 0.2) is 0 Å². The minimum atomic E-state index is 0.736. The van der Waals surface area contributed by atoms with E-state index in [4.69, 9.17) is 0 Å². The molecule has 0 spiro atoms. The van der Waals surface area contributed by atoms with Crippen molar-refractivity contribution in [1.29, 1.82) is 0 Å². The summed E-state index contributed by atoms with van der Waals surface area (Å²) >= 11 is 0. The van der Waals surface area contributed by atoms with Gasteiger partial charge in [-0.05, 0) is 24.8 Å². The second-order valence-electron chi connectivity index (χ2n) is 7.76. The highest BCUT2D eigenvalue weighted by molar-refractivity contribution is 5.48. The van der Waals surface area contributed by atoms with Gasteiger partial charge in [0.05, 0.1) is 0 Å². The van der Waals surface area contributed by atoms with Crippen molar-refractivity contribution in [3.05, 3.63) is 30.9 Å². The molecule has 2 aliphatic rings. The number of rotatable bonds is 6. The van der Waals surface area contributed by atoms with Crippen LogP contribution in [0.1, 0.15) is 19.8 Å². The van der Waals surface area contributed by atoms with E-state index in [0.29, 0.717) is 0 Å². The molecule has 0 saturated carbocycles. The monoisotopic (exact) mass is 382 g/mol. The third-order valence-corrected chi connectivity index (χ3v) is 5.58. The van der Waals surface area contributed by atoms with Crippen LogP contribution in [-0.4, -0.2) is 77.2 Å². The summed E-state index contributed by atoms with van der Waals surface area (Å²) in [5.74, 6) is 3.53. The molecule has 0 aliphatic carbocycles. The number of piperidine rings is 1. The standard InChI is InChI=1S/C20H30N8/c1-17-4-2-8-28(15-17)19-14-18(24-16-25-19)21-7-9-26-10-12-27(13-11-26)20-22-5-3-6-23-20/h3,5-6,14,16-17H,2,4,7-13,15H2,1H3,(H,21,24,25). The maximum atomic E-state index is 4.48. The average Bonchev–Trinajstić information content (AvgIpc) is 2.75. The van der Waals surface area contributed by atoms with Gasteiger partial charge in [0, 0.05) is 70.8 Å². The lowest BCUT2D eigenvalue weighted by Gasteiger charge is -2.34. The van der Waals surface area contributed by atoms with E-state index in [1.165, 1.54) is 12.8 Å². The van der Waals surface area contributed by atoms with Gasteiger partial charge in [-0.25, -0.2) is 19.9 Å². The van der Waals surface area contributed by atoms with E-state index in [2.05, 4.69) is 52.9 Å². The first-order chi connectivity index (χ1) is 13.8. The van der Waals surface area contributed by atoms with Crippen LogP contribution in [0.3, 0.4) is 0 Å². The molecule has 2 aromatic heterocycles. The van der Waals surface area contributed by atoms with Gasteiger partial charge >= 0.3 is 0 Å². The smallest absolute Gasteiger partial charge is 0.225 e. The third-order valence-electron chi connectivity index (χ3n) is 5.58. The molecule has 2 fully saturated rings. The predicted molar refractivity (Wildman–Crippen MR) is 112 cm³/mol. The molecule has 1 unspecified atom stereocenters. The van der Waals surface area contributed by atoms with Crippen molar-refractivity contribution in [1.82, 2.24) is 24.8 Å². The molecule has 0 amide bonds. The summed E-state index contributed by atoms with van der Waals surface area (Å²) in [6, 6.07) is 3.94. The Balaban J connectivity index is 1.22. The summed E-state index contributed by atoms with van der Waals surface area (Å²) in [6.45, 7) is 10.4. The Kier molecular flexibility index (Phi) is 6.16. The first-order valence-electron chi connectivity index (χ1n) is 10.3. The molecule has 8 nitrogen and oxygen atoms in total. The number of hydrogen-bond donors (Lipinski definition) is 1. The zero-order valence-electron chi connectivity index (χ0n) is 16.7. The molecule has 2 aromatic rings. The van der Waals surface area contributed by atoms with Crippen molar-refractivity contribution < 1.29 is 0 Å². The van der Waals surface area contributed by atoms with Gasteiger partial charge in [0.2, 0.25) is 5.95 Å². The largest absolute Gasteiger partial charge is 0.369 e. The Morgan fingerprint density at radius 1 is 1.00 bits per heavy atom. The summed E-state index contributed by atoms with van der Waals surface area (Å²) in [7, 11) is 0. The third kappa shape index (κ3) is 4.86. The zero-order valence-corrected chi connectivity index (χ0v) is 16.7. The Morgan fingerprint density at radius 2 is 1.82 bits per heavy atom. The van der Waals surface area contributed by atoms with Gasteiger partial charge in [-0.2, -0.15) is 0 Å². The van der Waals surface area contributed by atoms with Crippen LogP contribution in [0.2, 0.25) is 0 Å². The number of hydrogen-bond acceptors (Lipinski definition) is 8. The number of aromatic nitrogens is 4. The number of anilines is 3. The van der Waals surface area contributed by atoms with Crippen LogP contribution in [0.4, 0.5) is 17.6 Å². The molecule has 1 N–H and O–H groups in total. The van der Waals surface area contributed by atoms with Crippen molar-refractivity contribution in [3.8, 4) is 0 Å². The molecule has 0 aromatic carbocycles. The molecular formula is C20H30N8. The maximum Gasteiger partial charge on any atom is 0.225 e. The molecular weight excluding hydrogens is 352 g/mol. The molecule has 8 heteroatoms. The lowest BCUT2D eigenvalue weighted by molar-refractivity contribution is 0.266. The fraction of sp³-hybridized carbons (Fsp3) is 0.600. The first kappa shape index (κ1) is 18.9. The van der Waals surface area contributed by atoms with Gasteiger partial charge < -0.3 is 15.1 Å². The first-order valence-corrected chi connectivity index (χ1v) is 10.3. The van der Waals surface area contributed by atoms with Crippen molar-refractivity contribution >= 4 is 17.6 Å². The van der Waals surface area contributed by atoms with Crippen LogP contribution in [-0.2, 0) is 0 Å².